The minimum Gasteiger partial charge on any atom is -0.485 e. The molecule has 1 aromatic carbocycles. The number of nitrogens with zero attached hydrogens (tertiary/aromatic N) is 2. The Bertz CT molecular complexity index is 1030. The van der Waals surface area contributed by atoms with E-state index in [9.17, 15) is 0 Å². The fourth-order valence-corrected chi connectivity index (χ4v) is 3.74. The highest BCUT2D eigenvalue weighted by Gasteiger charge is 2.09. The molecule has 0 unspecified atom stereocenters. The summed E-state index contributed by atoms with van der Waals surface area (Å²) in [7, 11) is 0. The molecule has 3 rings (SSSR count). The van der Waals surface area contributed by atoms with Gasteiger partial charge in [0.15, 0.2) is 11.6 Å². The van der Waals surface area contributed by atoms with Crippen LogP contribution < -0.4 is 10.5 Å². The van der Waals surface area contributed by atoms with Crippen LogP contribution in [0.1, 0.15) is 31.9 Å². The van der Waals surface area contributed by atoms with Gasteiger partial charge in [0.25, 0.3) is 0 Å². The van der Waals surface area contributed by atoms with Crippen LogP contribution >= 0.6 is 23.1 Å². The number of aromatic nitrogens is 2. The predicted octanol–water partition coefficient (Wildman–Crippen LogP) is 5.49. The lowest BCUT2D eigenvalue weighted by Gasteiger charge is -2.10. The first kappa shape index (κ1) is 20.2. The molecule has 144 valence electrons. The molecule has 0 aliphatic rings. The predicted molar refractivity (Wildman–Crippen MR) is 119 cm³/mol. The van der Waals surface area contributed by atoms with Crippen LogP contribution in [0.25, 0.3) is 10.4 Å². The molecular weight excluding hydrogens is 386 g/mol. The number of anilines is 1. The SMILES string of the molecule is CSc1ncc(-c2cnc(N)c(OCc3cccc(C#CC(C)(C)C)c3)c2)s1. The van der Waals surface area contributed by atoms with Gasteiger partial charge < -0.3 is 10.5 Å². The standard InChI is InChI=1S/C22H23N3OS2/c1-22(2,3)9-8-15-6-5-7-16(10-15)14-26-18-11-17(12-24-20(18)23)19-13-25-21(27-4)28-19/h5-7,10-13H,14H2,1-4H3,(H2,23,24). The summed E-state index contributed by atoms with van der Waals surface area (Å²) in [5.74, 6) is 7.43. The molecule has 2 heterocycles. The van der Waals surface area contributed by atoms with Gasteiger partial charge in [-0.3, -0.25) is 0 Å². The van der Waals surface area contributed by atoms with Crippen LogP contribution in [0.5, 0.6) is 5.75 Å². The van der Waals surface area contributed by atoms with Crippen molar-refractivity contribution in [3.63, 3.8) is 0 Å². The quantitative estimate of drug-likeness (QED) is 0.446. The van der Waals surface area contributed by atoms with Crippen LogP contribution in [0.15, 0.2) is 47.1 Å². The van der Waals surface area contributed by atoms with Crippen molar-refractivity contribution >= 4 is 28.9 Å². The second kappa shape index (κ2) is 8.68. The molecule has 0 aliphatic carbocycles. The molecule has 3 aromatic rings. The van der Waals surface area contributed by atoms with E-state index in [1.54, 1.807) is 29.3 Å². The van der Waals surface area contributed by atoms with Crippen LogP contribution in [-0.4, -0.2) is 16.2 Å². The van der Waals surface area contributed by atoms with Crippen molar-refractivity contribution in [2.24, 2.45) is 5.41 Å². The number of nitrogens with two attached hydrogens (primary N) is 1. The number of pyridine rings is 1. The van der Waals surface area contributed by atoms with E-state index in [-0.39, 0.29) is 5.41 Å². The average Bonchev–Trinajstić information content (AvgIpc) is 3.15. The smallest absolute Gasteiger partial charge is 0.166 e. The van der Waals surface area contributed by atoms with Crippen molar-refractivity contribution in [3.8, 4) is 28.0 Å². The highest BCUT2D eigenvalue weighted by atomic mass is 32.2. The maximum atomic E-state index is 6.01. The van der Waals surface area contributed by atoms with Crippen LogP contribution in [0.4, 0.5) is 5.82 Å². The number of nitrogen functional groups attached to an aromatic ring is 1. The largest absolute Gasteiger partial charge is 0.485 e. The van der Waals surface area contributed by atoms with Crippen LogP contribution in [0.2, 0.25) is 0 Å². The molecule has 0 amide bonds. The summed E-state index contributed by atoms with van der Waals surface area (Å²) in [6.07, 6.45) is 5.62. The van der Waals surface area contributed by atoms with Gasteiger partial charge in [0.05, 0.1) is 4.88 Å². The first-order valence-corrected chi connectivity index (χ1v) is 10.9. The van der Waals surface area contributed by atoms with Gasteiger partial charge in [0, 0.05) is 28.9 Å². The van der Waals surface area contributed by atoms with Crippen molar-refractivity contribution < 1.29 is 4.74 Å². The van der Waals surface area contributed by atoms with E-state index in [1.165, 1.54) is 0 Å². The second-order valence-corrected chi connectivity index (χ2v) is 9.37. The van der Waals surface area contributed by atoms with Gasteiger partial charge in [0.2, 0.25) is 0 Å². The lowest BCUT2D eigenvalue weighted by molar-refractivity contribution is 0.307. The molecular formula is C22H23N3OS2. The van der Waals surface area contributed by atoms with Gasteiger partial charge in [-0.2, -0.15) is 0 Å². The molecule has 28 heavy (non-hydrogen) atoms. The lowest BCUT2D eigenvalue weighted by Crippen LogP contribution is -2.01. The number of hydrogen-bond donors (Lipinski definition) is 1. The minimum atomic E-state index is -0.0279. The number of rotatable bonds is 5. The Balaban J connectivity index is 1.75. The van der Waals surface area contributed by atoms with E-state index < -0.39 is 0 Å². The molecule has 4 nitrogen and oxygen atoms in total. The van der Waals surface area contributed by atoms with Crippen LogP contribution in [0, 0.1) is 17.3 Å². The third kappa shape index (κ3) is 5.51. The van der Waals surface area contributed by atoms with Crippen molar-refractivity contribution in [2.75, 3.05) is 12.0 Å². The first-order chi connectivity index (χ1) is 13.3. The van der Waals surface area contributed by atoms with Gasteiger partial charge in [-0.05, 0) is 50.8 Å². The van der Waals surface area contributed by atoms with E-state index in [0.29, 0.717) is 18.2 Å². The normalized spacial score (nSPS) is 11.0. The third-order valence-electron chi connectivity index (χ3n) is 3.73. The number of thioether (sulfide) groups is 1. The zero-order valence-corrected chi connectivity index (χ0v) is 18.1. The molecule has 0 saturated heterocycles. The monoisotopic (exact) mass is 409 g/mol. The number of hydrogen-bond acceptors (Lipinski definition) is 6. The molecule has 6 heteroatoms. The summed E-state index contributed by atoms with van der Waals surface area (Å²) in [5.41, 5.74) is 8.95. The van der Waals surface area contributed by atoms with E-state index in [4.69, 9.17) is 10.5 Å². The van der Waals surface area contributed by atoms with Gasteiger partial charge in [0.1, 0.15) is 10.9 Å². The fourth-order valence-electron chi connectivity index (χ4n) is 2.35. The van der Waals surface area contributed by atoms with Crippen molar-refractivity contribution in [2.45, 2.75) is 31.7 Å². The van der Waals surface area contributed by atoms with E-state index in [0.717, 1.165) is 25.9 Å². The van der Waals surface area contributed by atoms with Crippen LogP contribution in [-0.2, 0) is 6.61 Å². The summed E-state index contributed by atoms with van der Waals surface area (Å²) < 4.78 is 6.98. The Morgan fingerprint density at radius 1 is 1.18 bits per heavy atom. The zero-order valence-electron chi connectivity index (χ0n) is 16.4. The minimum absolute atomic E-state index is 0.0279. The molecule has 0 saturated carbocycles. The lowest BCUT2D eigenvalue weighted by atomic mass is 9.97. The van der Waals surface area contributed by atoms with Gasteiger partial charge in [-0.25, -0.2) is 9.97 Å². The topological polar surface area (TPSA) is 61.0 Å². The average molecular weight is 410 g/mol. The maximum absolute atomic E-state index is 6.01. The van der Waals surface area contributed by atoms with Crippen LogP contribution in [0.3, 0.4) is 0 Å². The Hall–Kier alpha value is -2.49. The molecule has 0 spiro atoms. The van der Waals surface area contributed by atoms with Crippen molar-refractivity contribution in [3.05, 3.63) is 53.9 Å². The Morgan fingerprint density at radius 3 is 2.71 bits per heavy atom. The van der Waals surface area contributed by atoms with Crippen molar-refractivity contribution in [1.82, 2.24) is 9.97 Å². The number of ether oxygens (including phenoxy) is 1. The maximum Gasteiger partial charge on any atom is 0.166 e. The molecule has 2 N–H and O–H groups in total. The Morgan fingerprint density at radius 2 is 2.00 bits per heavy atom. The van der Waals surface area contributed by atoms with E-state index in [1.807, 2.05) is 42.8 Å². The van der Waals surface area contributed by atoms with Gasteiger partial charge in [-0.1, -0.05) is 35.7 Å². The highest BCUT2D eigenvalue weighted by molar-refractivity contribution is 8.00. The number of thiazole rings is 1. The Kier molecular flexibility index (Phi) is 6.28. The molecule has 0 radical (unpaired) electrons. The summed E-state index contributed by atoms with van der Waals surface area (Å²) >= 11 is 3.25. The Labute approximate surface area is 174 Å². The first-order valence-electron chi connectivity index (χ1n) is 8.85. The molecule has 2 aromatic heterocycles. The molecule has 0 aliphatic heterocycles. The fraction of sp³-hybridized carbons (Fsp3) is 0.273. The van der Waals surface area contributed by atoms with E-state index in [2.05, 4.69) is 42.6 Å². The number of benzene rings is 1. The molecule has 0 fully saturated rings. The van der Waals surface area contributed by atoms with Gasteiger partial charge >= 0.3 is 0 Å². The summed E-state index contributed by atoms with van der Waals surface area (Å²) in [4.78, 5) is 9.69. The van der Waals surface area contributed by atoms with Crippen molar-refractivity contribution in [1.29, 1.82) is 0 Å². The molecule has 0 atom stereocenters. The summed E-state index contributed by atoms with van der Waals surface area (Å²) in [6, 6.07) is 9.98. The van der Waals surface area contributed by atoms with E-state index >= 15 is 0 Å². The summed E-state index contributed by atoms with van der Waals surface area (Å²) in [6.45, 7) is 6.70. The molecule has 0 bridgehead atoms. The zero-order chi connectivity index (χ0) is 20.1. The third-order valence-corrected chi connectivity index (χ3v) is 5.77. The van der Waals surface area contributed by atoms with Gasteiger partial charge in [-0.15, -0.1) is 11.3 Å². The second-order valence-electron chi connectivity index (χ2n) is 7.29. The highest BCUT2D eigenvalue weighted by Crippen LogP contribution is 2.33. The summed E-state index contributed by atoms with van der Waals surface area (Å²) in [5, 5.41) is 0.